The lowest BCUT2D eigenvalue weighted by Gasteiger charge is -2.07. The Morgan fingerprint density at radius 2 is 1.62 bits per heavy atom. The molecule has 3 heterocycles. The molecular formula is C24H20F3N7. The predicted octanol–water partition coefficient (Wildman–Crippen LogP) is 4.38. The van der Waals surface area contributed by atoms with Crippen molar-refractivity contribution in [1.29, 1.82) is 5.41 Å². The molecule has 3 aromatic heterocycles. The van der Waals surface area contributed by atoms with Gasteiger partial charge in [0.05, 0.1) is 12.7 Å². The molecule has 10 heteroatoms. The van der Waals surface area contributed by atoms with Crippen molar-refractivity contribution in [1.82, 2.24) is 28.7 Å². The summed E-state index contributed by atoms with van der Waals surface area (Å²) >= 11 is 0. The second-order valence-electron chi connectivity index (χ2n) is 7.99. The third-order valence-electron chi connectivity index (χ3n) is 5.69. The molecule has 0 fully saturated rings. The summed E-state index contributed by atoms with van der Waals surface area (Å²) in [6.07, 6.45) is -1.81. The average Bonchev–Trinajstić information content (AvgIpc) is 3.34. The van der Waals surface area contributed by atoms with Crippen LogP contribution in [0.3, 0.4) is 0 Å². The van der Waals surface area contributed by atoms with Crippen LogP contribution in [0.5, 0.6) is 0 Å². The Kier molecular flexibility index (Phi) is 5.07. The Hall–Kier alpha value is -4.21. The molecule has 0 saturated heterocycles. The molecule has 5 aromatic rings. The Balaban J connectivity index is 1.49. The Morgan fingerprint density at radius 1 is 0.912 bits per heavy atom. The number of fused-ring (bicyclic) bond motifs is 1. The number of alkyl halides is 3. The molecule has 0 bridgehead atoms. The quantitative estimate of drug-likeness (QED) is 0.430. The van der Waals surface area contributed by atoms with Crippen LogP contribution in [0.15, 0.2) is 67.0 Å². The fraction of sp³-hybridized carbons (Fsp3) is 0.167. The highest BCUT2D eigenvalue weighted by Crippen LogP contribution is 2.30. The number of rotatable bonds is 4. The third-order valence-corrected chi connectivity index (χ3v) is 5.69. The van der Waals surface area contributed by atoms with Crippen molar-refractivity contribution >= 4 is 11.2 Å². The molecule has 0 aliphatic heterocycles. The fourth-order valence-electron chi connectivity index (χ4n) is 3.89. The van der Waals surface area contributed by atoms with Crippen molar-refractivity contribution in [3.8, 4) is 22.8 Å². The minimum absolute atomic E-state index is 0.234. The number of hydrogen-bond donors (Lipinski definition) is 1. The highest BCUT2D eigenvalue weighted by atomic mass is 19.4. The van der Waals surface area contributed by atoms with Gasteiger partial charge in [0, 0.05) is 31.4 Å². The number of benzene rings is 2. The lowest BCUT2D eigenvalue weighted by molar-refractivity contribution is -0.140. The number of halogens is 3. The van der Waals surface area contributed by atoms with E-state index in [1.807, 2.05) is 42.5 Å². The number of nitrogens with one attached hydrogen (secondary N) is 1. The molecule has 0 atom stereocenters. The van der Waals surface area contributed by atoms with Gasteiger partial charge in [0.25, 0.3) is 0 Å². The molecule has 0 aliphatic rings. The molecule has 0 amide bonds. The molecule has 0 radical (unpaired) electrons. The van der Waals surface area contributed by atoms with E-state index in [2.05, 4.69) is 9.97 Å². The van der Waals surface area contributed by atoms with Crippen LogP contribution in [0, 0.1) is 5.41 Å². The van der Waals surface area contributed by atoms with Crippen LogP contribution < -0.4 is 5.62 Å². The molecule has 1 N–H and O–H groups in total. The zero-order chi connectivity index (χ0) is 24.0. The lowest BCUT2D eigenvalue weighted by Crippen LogP contribution is -2.23. The van der Waals surface area contributed by atoms with E-state index in [9.17, 15) is 13.2 Å². The van der Waals surface area contributed by atoms with Crippen LogP contribution >= 0.6 is 0 Å². The van der Waals surface area contributed by atoms with Gasteiger partial charge in [-0.1, -0.05) is 54.6 Å². The minimum atomic E-state index is -4.49. The monoisotopic (exact) mass is 463 g/mol. The second-order valence-corrected chi connectivity index (χ2v) is 7.99. The number of hydrogen-bond acceptors (Lipinski definition) is 4. The van der Waals surface area contributed by atoms with Gasteiger partial charge in [-0.2, -0.15) is 13.2 Å². The Morgan fingerprint density at radius 3 is 2.26 bits per heavy atom. The summed E-state index contributed by atoms with van der Waals surface area (Å²) < 4.78 is 43.9. The molecule has 0 spiro atoms. The van der Waals surface area contributed by atoms with E-state index in [-0.39, 0.29) is 11.4 Å². The SMILES string of the molecule is Cn1cc(C(F)(F)F)nc1-c1ccc(Cn2c(=N)n(C)c3cnc(-c4ccccc4)nc32)cc1. The molecule has 172 valence electrons. The Bertz CT molecular complexity index is 1540. The second kappa shape index (κ2) is 7.98. The van der Waals surface area contributed by atoms with Gasteiger partial charge < -0.3 is 9.13 Å². The molecular weight excluding hydrogens is 443 g/mol. The number of imidazole rings is 2. The van der Waals surface area contributed by atoms with Gasteiger partial charge in [-0.3, -0.25) is 9.98 Å². The average molecular weight is 463 g/mol. The van der Waals surface area contributed by atoms with Gasteiger partial charge in [0.1, 0.15) is 11.3 Å². The molecule has 2 aromatic carbocycles. The van der Waals surface area contributed by atoms with E-state index < -0.39 is 11.9 Å². The predicted molar refractivity (Wildman–Crippen MR) is 121 cm³/mol. The largest absolute Gasteiger partial charge is 0.434 e. The maximum absolute atomic E-state index is 13.0. The first-order valence-electron chi connectivity index (χ1n) is 10.4. The van der Waals surface area contributed by atoms with Gasteiger partial charge >= 0.3 is 6.18 Å². The summed E-state index contributed by atoms with van der Waals surface area (Å²) in [4.78, 5) is 12.9. The van der Waals surface area contributed by atoms with Crippen molar-refractivity contribution in [2.45, 2.75) is 12.7 Å². The zero-order valence-corrected chi connectivity index (χ0v) is 18.4. The van der Waals surface area contributed by atoms with E-state index in [0.717, 1.165) is 22.8 Å². The summed E-state index contributed by atoms with van der Waals surface area (Å²) in [5.74, 6) is 0.802. The van der Waals surface area contributed by atoms with Gasteiger partial charge in [0.2, 0.25) is 5.62 Å². The Labute approximate surface area is 192 Å². The summed E-state index contributed by atoms with van der Waals surface area (Å²) in [6, 6.07) is 16.7. The third kappa shape index (κ3) is 3.76. The molecule has 0 saturated carbocycles. The standard InChI is InChI=1S/C24H20F3N7/c1-32-14-19(24(25,26)27)30-21(32)17-10-8-15(9-11-17)13-34-22-18(33(2)23(34)28)12-29-20(31-22)16-6-4-3-5-7-16/h3-12,14,28H,13H2,1-2H3. The molecule has 0 unspecified atom stereocenters. The van der Waals surface area contributed by atoms with Crippen molar-refractivity contribution in [2.75, 3.05) is 0 Å². The van der Waals surface area contributed by atoms with Crippen LogP contribution in [0.1, 0.15) is 11.3 Å². The van der Waals surface area contributed by atoms with Gasteiger partial charge in [-0.25, -0.2) is 15.0 Å². The highest BCUT2D eigenvalue weighted by molar-refractivity contribution is 5.73. The summed E-state index contributed by atoms with van der Waals surface area (Å²) in [5.41, 5.74) is 3.03. The van der Waals surface area contributed by atoms with E-state index in [0.29, 0.717) is 23.6 Å². The van der Waals surface area contributed by atoms with Crippen molar-refractivity contribution in [2.24, 2.45) is 14.1 Å². The summed E-state index contributed by atoms with van der Waals surface area (Å²) in [6.45, 7) is 0.371. The maximum atomic E-state index is 13.0. The molecule has 34 heavy (non-hydrogen) atoms. The van der Waals surface area contributed by atoms with E-state index in [1.165, 1.54) is 11.6 Å². The van der Waals surface area contributed by atoms with Crippen LogP contribution in [0.2, 0.25) is 0 Å². The van der Waals surface area contributed by atoms with Crippen LogP contribution in [-0.2, 0) is 26.8 Å². The molecule has 7 nitrogen and oxygen atoms in total. The van der Waals surface area contributed by atoms with E-state index >= 15 is 0 Å². The van der Waals surface area contributed by atoms with Gasteiger partial charge in [-0.05, 0) is 5.56 Å². The van der Waals surface area contributed by atoms with Gasteiger partial charge in [0.15, 0.2) is 17.2 Å². The number of aromatic nitrogens is 6. The minimum Gasteiger partial charge on any atom is -0.333 e. The normalized spacial score (nSPS) is 11.9. The zero-order valence-electron chi connectivity index (χ0n) is 18.4. The maximum Gasteiger partial charge on any atom is 0.434 e. The lowest BCUT2D eigenvalue weighted by atomic mass is 10.1. The first kappa shape index (κ1) is 21.6. The molecule has 5 rings (SSSR count). The van der Waals surface area contributed by atoms with Crippen molar-refractivity contribution < 1.29 is 13.2 Å². The summed E-state index contributed by atoms with van der Waals surface area (Å²) in [5, 5.41) is 8.55. The first-order valence-corrected chi connectivity index (χ1v) is 10.4. The summed E-state index contributed by atoms with van der Waals surface area (Å²) in [7, 11) is 3.32. The highest BCUT2D eigenvalue weighted by Gasteiger charge is 2.34. The number of aryl methyl sites for hydroxylation is 2. The van der Waals surface area contributed by atoms with E-state index in [4.69, 9.17) is 10.4 Å². The van der Waals surface area contributed by atoms with Crippen molar-refractivity contribution in [3.63, 3.8) is 0 Å². The van der Waals surface area contributed by atoms with E-state index in [1.54, 1.807) is 34.5 Å². The van der Waals surface area contributed by atoms with Crippen LogP contribution in [0.25, 0.3) is 33.9 Å². The first-order chi connectivity index (χ1) is 16.2. The van der Waals surface area contributed by atoms with Crippen LogP contribution in [-0.4, -0.2) is 28.7 Å². The van der Waals surface area contributed by atoms with Crippen molar-refractivity contribution in [3.05, 3.63) is 83.9 Å². The fourth-order valence-corrected chi connectivity index (χ4v) is 3.89. The topological polar surface area (TPSA) is 77.3 Å². The molecule has 0 aliphatic carbocycles. The smallest absolute Gasteiger partial charge is 0.333 e. The van der Waals surface area contributed by atoms with Gasteiger partial charge in [-0.15, -0.1) is 0 Å². The van der Waals surface area contributed by atoms with Crippen LogP contribution in [0.4, 0.5) is 13.2 Å². The number of nitrogens with zero attached hydrogens (tertiary/aromatic N) is 6.